The molecular weight excluding hydrogens is 220 g/mol. The summed E-state index contributed by atoms with van der Waals surface area (Å²) in [5, 5.41) is 3.17. The van der Waals surface area contributed by atoms with Gasteiger partial charge in [0.15, 0.2) is 0 Å². The van der Waals surface area contributed by atoms with E-state index >= 15 is 0 Å². The van der Waals surface area contributed by atoms with Crippen molar-refractivity contribution in [2.45, 2.75) is 33.2 Å². The molecule has 1 heterocycles. The minimum atomic E-state index is -0.246. The van der Waals surface area contributed by atoms with Gasteiger partial charge in [0.1, 0.15) is 6.04 Å². The zero-order chi connectivity index (χ0) is 12.3. The van der Waals surface area contributed by atoms with E-state index in [1.165, 1.54) is 5.56 Å². The molecule has 4 heteroatoms. The molecule has 0 radical (unpaired) electrons. The van der Waals surface area contributed by atoms with Crippen LogP contribution in [0, 0.1) is 12.8 Å². The van der Waals surface area contributed by atoms with Crippen molar-refractivity contribution in [3.8, 4) is 0 Å². The van der Waals surface area contributed by atoms with E-state index in [0.29, 0.717) is 5.92 Å². The van der Waals surface area contributed by atoms with Crippen LogP contribution in [-0.2, 0) is 4.79 Å². The van der Waals surface area contributed by atoms with Crippen LogP contribution < -0.4 is 10.6 Å². The molecule has 16 heavy (non-hydrogen) atoms. The number of anilines is 1. The van der Waals surface area contributed by atoms with Gasteiger partial charge in [-0.05, 0) is 36.3 Å². The molecule has 0 aliphatic carbocycles. The molecule has 1 aromatic rings. The first-order valence-corrected chi connectivity index (χ1v) is 6.37. The number of carbonyl (C=O) groups excluding carboxylic acids is 1. The summed E-state index contributed by atoms with van der Waals surface area (Å²) in [5.41, 5.74) is 6.66. The van der Waals surface area contributed by atoms with Gasteiger partial charge in [0.05, 0.1) is 5.00 Å². The molecule has 0 saturated carbocycles. The molecule has 0 aliphatic rings. The van der Waals surface area contributed by atoms with Gasteiger partial charge >= 0.3 is 0 Å². The summed E-state index contributed by atoms with van der Waals surface area (Å²) in [7, 11) is 1.94. The SMILES string of the molecule is Cc1ccsc1N(C)[C@@H](CC(C)C)C(N)=O. The van der Waals surface area contributed by atoms with Crippen LogP contribution in [0.5, 0.6) is 0 Å². The minimum Gasteiger partial charge on any atom is -0.368 e. The van der Waals surface area contributed by atoms with Crippen molar-refractivity contribution in [1.29, 1.82) is 0 Å². The molecule has 1 amide bonds. The van der Waals surface area contributed by atoms with Crippen molar-refractivity contribution < 1.29 is 4.79 Å². The van der Waals surface area contributed by atoms with Gasteiger partial charge in [-0.2, -0.15) is 0 Å². The Labute approximate surface area is 101 Å². The summed E-state index contributed by atoms with van der Waals surface area (Å²) in [6.45, 7) is 6.26. The van der Waals surface area contributed by atoms with E-state index in [1.807, 2.05) is 17.3 Å². The molecule has 0 bridgehead atoms. The normalized spacial score (nSPS) is 12.8. The van der Waals surface area contributed by atoms with E-state index in [2.05, 4.69) is 26.8 Å². The highest BCUT2D eigenvalue weighted by atomic mass is 32.1. The first-order chi connectivity index (χ1) is 7.43. The van der Waals surface area contributed by atoms with Gasteiger partial charge in [0.2, 0.25) is 5.91 Å². The van der Waals surface area contributed by atoms with Gasteiger partial charge in [0, 0.05) is 7.05 Å². The lowest BCUT2D eigenvalue weighted by Crippen LogP contribution is -2.43. The molecule has 3 nitrogen and oxygen atoms in total. The van der Waals surface area contributed by atoms with E-state index in [-0.39, 0.29) is 11.9 Å². The average molecular weight is 240 g/mol. The second-order valence-electron chi connectivity index (χ2n) is 4.57. The number of hydrogen-bond acceptors (Lipinski definition) is 3. The maximum atomic E-state index is 11.5. The van der Waals surface area contributed by atoms with Crippen LogP contribution in [0.1, 0.15) is 25.8 Å². The minimum absolute atomic E-state index is 0.211. The first kappa shape index (κ1) is 13.0. The highest BCUT2D eigenvalue weighted by molar-refractivity contribution is 7.14. The number of carbonyl (C=O) groups is 1. The van der Waals surface area contributed by atoms with Crippen molar-refractivity contribution >= 4 is 22.2 Å². The molecule has 0 fully saturated rings. The number of hydrogen-bond donors (Lipinski definition) is 1. The zero-order valence-electron chi connectivity index (χ0n) is 10.4. The molecule has 0 unspecified atom stereocenters. The Morgan fingerprint density at radius 3 is 2.56 bits per heavy atom. The molecule has 0 saturated heterocycles. The maximum absolute atomic E-state index is 11.5. The molecule has 1 atom stereocenters. The molecule has 0 spiro atoms. The number of aryl methyl sites for hydroxylation is 1. The van der Waals surface area contributed by atoms with Crippen molar-refractivity contribution in [3.63, 3.8) is 0 Å². The van der Waals surface area contributed by atoms with Gasteiger partial charge in [-0.1, -0.05) is 13.8 Å². The van der Waals surface area contributed by atoms with Crippen LogP contribution >= 0.6 is 11.3 Å². The summed E-state index contributed by atoms with van der Waals surface area (Å²) in [4.78, 5) is 13.5. The van der Waals surface area contributed by atoms with Crippen molar-refractivity contribution in [2.75, 3.05) is 11.9 Å². The summed E-state index contributed by atoms with van der Waals surface area (Å²) < 4.78 is 0. The summed E-state index contributed by atoms with van der Waals surface area (Å²) in [6.07, 6.45) is 0.795. The number of nitrogens with zero attached hydrogens (tertiary/aromatic N) is 1. The number of likely N-dealkylation sites (N-methyl/N-ethyl adjacent to an activating group) is 1. The number of thiophene rings is 1. The van der Waals surface area contributed by atoms with Crippen LogP contribution in [0.15, 0.2) is 11.4 Å². The highest BCUT2D eigenvalue weighted by Crippen LogP contribution is 2.28. The van der Waals surface area contributed by atoms with Crippen molar-refractivity contribution in [1.82, 2.24) is 0 Å². The third-order valence-electron chi connectivity index (χ3n) is 2.65. The Morgan fingerprint density at radius 1 is 1.56 bits per heavy atom. The monoisotopic (exact) mass is 240 g/mol. The standard InChI is InChI=1S/C12H20N2OS/c1-8(2)7-10(11(13)15)14(4)12-9(3)5-6-16-12/h5-6,8,10H,7H2,1-4H3,(H2,13,15)/t10-/m0/s1. The lowest BCUT2D eigenvalue weighted by Gasteiger charge is -2.28. The number of primary amides is 1. The lowest BCUT2D eigenvalue weighted by atomic mass is 10.0. The van der Waals surface area contributed by atoms with Gasteiger partial charge < -0.3 is 10.6 Å². The third kappa shape index (κ3) is 2.98. The van der Waals surface area contributed by atoms with Crippen molar-refractivity contribution in [2.24, 2.45) is 11.7 Å². The Balaban J connectivity index is 2.87. The number of amides is 1. The van der Waals surface area contributed by atoms with Gasteiger partial charge in [0.25, 0.3) is 0 Å². The fourth-order valence-corrected chi connectivity index (χ4v) is 2.73. The largest absolute Gasteiger partial charge is 0.368 e. The summed E-state index contributed by atoms with van der Waals surface area (Å²) >= 11 is 1.65. The average Bonchev–Trinajstić information content (AvgIpc) is 2.59. The Hall–Kier alpha value is -1.03. The van der Waals surface area contributed by atoms with Crippen molar-refractivity contribution in [3.05, 3.63) is 17.0 Å². The maximum Gasteiger partial charge on any atom is 0.240 e. The quantitative estimate of drug-likeness (QED) is 0.859. The predicted molar refractivity (Wildman–Crippen MR) is 69.9 cm³/mol. The van der Waals surface area contributed by atoms with E-state index in [0.717, 1.165) is 11.4 Å². The van der Waals surface area contributed by atoms with Gasteiger partial charge in [-0.3, -0.25) is 4.79 Å². The molecule has 0 aliphatic heterocycles. The first-order valence-electron chi connectivity index (χ1n) is 5.49. The molecular formula is C12H20N2OS. The Morgan fingerprint density at radius 2 is 2.19 bits per heavy atom. The van der Waals surface area contributed by atoms with Crippen LogP contribution in [0.2, 0.25) is 0 Å². The second kappa shape index (κ2) is 5.34. The van der Waals surface area contributed by atoms with E-state index in [1.54, 1.807) is 11.3 Å². The van der Waals surface area contributed by atoms with Gasteiger partial charge in [-0.25, -0.2) is 0 Å². The molecule has 0 aromatic carbocycles. The Bertz CT molecular complexity index is 360. The van der Waals surface area contributed by atoms with E-state index in [4.69, 9.17) is 5.73 Å². The smallest absolute Gasteiger partial charge is 0.240 e. The van der Waals surface area contributed by atoms with Gasteiger partial charge in [-0.15, -0.1) is 11.3 Å². The van der Waals surface area contributed by atoms with Crippen LogP contribution in [-0.4, -0.2) is 19.0 Å². The number of rotatable bonds is 5. The number of nitrogens with two attached hydrogens (primary N) is 1. The molecule has 1 aromatic heterocycles. The van der Waals surface area contributed by atoms with Crippen LogP contribution in [0.25, 0.3) is 0 Å². The predicted octanol–water partition coefficient (Wildman–Crippen LogP) is 2.39. The highest BCUT2D eigenvalue weighted by Gasteiger charge is 2.23. The second-order valence-corrected chi connectivity index (χ2v) is 5.46. The van der Waals surface area contributed by atoms with E-state index in [9.17, 15) is 4.79 Å². The van der Waals surface area contributed by atoms with Crippen LogP contribution in [0.3, 0.4) is 0 Å². The summed E-state index contributed by atoms with van der Waals surface area (Å²) in [6, 6.07) is 1.85. The molecule has 90 valence electrons. The molecule has 2 N–H and O–H groups in total. The fourth-order valence-electron chi connectivity index (χ4n) is 1.78. The Kier molecular flexibility index (Phi) is 4.35. The fraction of sp³-hybridized carbons (Fsp3) is 0.583. The molecule has 1 rings (SSSR count). The lowest BCUT2D eigenvalue weighted by molar-refractivity contribution is -0.119. The third-order valence-corrected chi connectivity index (χ3v) is 3.75. The summed E-state index contributed by atoms with van der Waals surface area (Å²) in [5.74, 6) is 0.212. The van der Waals surface area contributed by atoms with E-state index < -0.39 is 0 Å². The van der Waals surface area contributed by atoms with Crippen LogP contribution in [0.4, 0.5) is 5.00 Å². The zero-order valence-corrected chi connectivity index (χ0v) is 11.2. The topological polar surface area (TPSA) is 46.3 Å².